The predicted molar refractivity (Wildman–Crippen MR) is 115 cm³/mol. The molecular formula is C22H25NO7S. The number of nitrogens with one attached hydrogen (secondary N) is 1. The zero-order valence-corrected chi connectivity index (χ0v) is 18.7. The van der Waals surface area contributed by atoms with Gasteiger partial charge in [-0.05, 0) is 42.9 Å². The van der Waals surface area contributed by atoms with Gasteiger partial charge in [0.25, 0.3) is 5.91 Å². The highest BCUT2D eigenvalue weighted by Crippen LogP contribution is 2.40. The molecule has 1 aliphatic carbocycles. The Kier molecular flexibility index (Phi) is 7.17. The second kappa shape index (κ2) is 9.82. The van der Waals surface area contributed by atoms with Crippen molar-refractivity contribution in [3.63, 3.8) is 0 Å². The summed E-state index contributed by atoms with van der Waals surface area (Å²) in [5.41, 5.74) is 1.53. The number of carbonyl (C=O) groups is 3. The van der Waals surface area contributed by atoms with Crippen LogP contribution in [0.15, 0.2) is 18.2 Å². The molecule has 0 spiro atoms. The minimum atomic E-state index is -0.695. The zero-order valence-electron chi connectivity index (χ0n) is 17.9. The van der Waals surface area contributed by atoms with Crippen LogP contribution in [0.4, 0.5) is 5.00 Å². The molecule has 1 aliphatic rings. The first kappa shape index (κ1) is 22.6. The summed E-state index contributed by atoms with van der Waals surface area (Å²) in [5, 5.41) is 3.13. The fourth-order valence-electron chi connectivity index (χ4n) is 3.46. The highest BCUT2D eigenvalue weighted by molar-refractivity contribution is 7.17. The van der Waals surface area contributed by atoms with Crippen molar-refractivity contribution in [1.29, 1.82) is 0 Å². The van der Waals surface area contributed by atoms with E-state index in [2.05, 4.69) is 12.2 Å². The van der Waals surface area contributed by atoms with Crippen molar-refractivity contribution >= 4 is 34.2 Å². The normalized spacial score (nSPS) is 14.9. The second-order valence-electron chi connectivity index (χ2n) is 7.27. The average Bonchev–Trinajstić information content (AvgIpc) is 3.12. The SMILES string of the molecule is COC(=O)c1c(NC(=O)COC(=O)c2cc(OC)cc(OC)c2)sc2c1CCC(C)C2. The number of methoxy groups -OCH3 is 3. The van der Waals surface area contributed by atoms with E-state index in [-0.39, 0.29) is 5.56 Å². The standard InChI is InChI=1S/C22H25NO7S/c1-12-5-6-16-17(7-12)31-20(19(16)22(26)29-4)23-18(24)11-30-21(25)13-8-14(27-2)10-15(9-13)28-3/h8-10,12H,5-7,11H2,1-4H3,(H,23,24). The minimum Gasteiger partial charge on any atom is -0.497 e. The van der Waals surface area contributed by atoms with Gasteiger partial charge in [0.1, 0.15) is 16.5 Å². The van der Waals surface area contributed by atoms with Gasteiger partial charge in [0.2, 0.25) is 0 Å². The van der Waals surface area contributed by atoms with E-state index in [4.69, 9.17) is 18.9 Å². The molecule has 0 saturated heterocycles. The quantitative estimate of drug-likeness (QED) is 0.649. The summed E-state index contributed by atoms with van der Waals surface area (Å²) < 4.78 is 20.3. The van der Waals surface area contributed by atoms with Crippen LogP contribution < -0.4 is 14.8 Å². The van der Waals surface area contributed by atoms with E-state index >= 15 is 0 Å². The molecule has 1 atom stereocenters. The molecule has 8 nitrogen and oxygen atoms in total. The molecule has 1 unspecified atom stereocenters. The molecule has 1 N–H and O–H groups in total. The van der Waals surface area contributed by atoms with E-state index < -0.39 is 24.5 Å². The van der Waals surface area contributed by atoms with Crippen LogP contribution in [0, 0.1) is 5.92 Å². The first-order valence-corrected chi connectivity index (χ1v) is 10.6. The van der Waals surface area contributed by atoms with Gasteiger partial charge in [0.05, 0.1) is 32.5 Å². The van der Waals surface area contributed by atoms with E-state index in [9.17, 15) is 14.4 Å². The summed E-state index contributed by atoms with van der Waals surface area (Å²) in [6.45, 7) is 1.66. The fourth-order valence-corrected chi connectivity index (χ4v) is 4.87. The zero-order chi connectivity index (χ0) is 22.5. The number of hydrogen-bond donors (Lipinski definition) is 1. The summed E-state index contributed by atoms with van der Waals surface area (Å²) in [4.78, 5) is 38.2. The lowest BCUT2D eigenvalue weighted by molar-refractivity contribution is -0.119. The van der Waals surface area contributed by atoms with Crippen LogP contribution >= 0.6 is 11.3 Å². The number of fused-ring (bicyclic) bond motifs is 1. The molecule has 0 aliphatic heterocycles. The number of esters is 2. The smallest absolute Gasteiger partial charge is 0.341 e. The largest absolute Gasteiger partial charge is 0.497 e. The fraction of sp³-hybridized carbons (Fsp3) is 0.409. The van der Waals surface area contributed by atoms with Gasteiger partial charge in [-0.2, -0.15) is 0 Å². The topological polar surface area (TPSA) is 100 Å². The average molecular weight is 448 g/mol. The molecule has 1 heterocycles. The number of thiophene rings is 1. The van der Waals surface area contributed by atoms with Crippen LogP contribution in [0.1, 0.15) is 44.5 Å². The third-order valence-corrected chi connectivity index (χ3v) is 6.25. The number of rotatable bonds is 7. The Morgan fingerprint density at radius 1 is 1.06 bits per heavy atom. The maximum Gasteiger partial charge on any atom is 0.341 e. The highest BCUT2D eigenvalue weighted by Gasteiger charge is 2.29. The van der Waals surface area contributed by atoms with Gasteiger partial charge >= 0.3 is 11.9 Å². The summed E-state index contributed by atoms with van der Waals surface area (Å²) in [6.07, 6.45) is 2.59. The number of benzene rings is 1. The first-order valence-electron chi connectivity index (χ1n) is 9.79. The van der Waals surface area contributed by atoms with Crippen LogP contribution in [-0.4, -0.2) is 45.8 Å². The van der Waals surface area contributed by atoms with Gasteiger partial charge in [0, 0.05) is 10.9 Å². The van der Waals surface area contributed by atoms with Crippen LogP contribution in [0.25, 0.3) is 0 Å². The van der Waals surface area contributed by atoms with Crippen molar-refractivity contribution in [2.45, 2.75) is 26.2 Å². The first-order chi connectivity index (χ1) is 14.9. The molecular weight excluding hydrogens is 422 g/mol. The van der Waals surface area contributed by atoms with Crippen molar-refractivity contribution in [3.8, 4) is 11.5 Å². The Hall–Kier alpha value is -3.07. The van der Waals surface area contributed by atoms with Crippen molar-refractivity contribution in [1.82, 2.24) is 0 Å². The third-order valence-electron chi connectivity index (χ3n) is 5.08. The van der Waals surface area contributed by atoms with E-state index in [1.54, 1.807) is 6.07 Å². The molecule has 166 valence electrons. The Morgan fingerprint density at radius 3 is 2.35 bits per heavy atom. The van der Waals surface area contributed by atoms with Gasteiger partial charge in [-0.25, -0.2) is 9.59 Å². The lowest BCUT2D eigenvalue weighted by atomic mass is 9.88. The summed E-state index contributed by atoms with van der Waals surface area (Å²) in [5.74, 6) is -0.350. The van der Waals surface area contributed by atoms with Gasteiger partial charge in [-0.15, -0.1) is 11.3 Å². The minimum absolute atomic E-state index is 0.194. The van der Waals surface area contributed by atoms with Gasteiger partial charge in [0.15, 0.2) is 6.61 Å². The van der Waals surface area contributed by atoms with Crippen molar-refractivity contribution in [3.05, 3.63) is 39.8 Å². The Balaban J connectivity index is 1.70. The van der Waals surface area contributed by atoms with E-state index in [0.29, 0.717) is 28.0 Å². The molecule has 9 heteroatoms. The van der Waals surface area contributed by atoms with Crippen LogP contribution in [0.2, 0.25) is 0 Å². The molecule has 0 bridgehead atoms. The van der Waals surface area contributed by atoms with Gasteiger partial charge < -0.3 is 24.3 Å². The van der Waals surface area contributed by atoms with Gasteiger partial charge in [-0.3, -0.25) is 4.79 Å². The third kappa shape index (κ3) is 5.16. The number of ether oxygens (including phenoxy) is 4. The molecule has 1 aromatic heterocycles. The summed E-state index contributed by atoms with van der Waals surface area (Å²) in [7, 11) is 4.25. The molecule has 3 rings (SSSR count). The number of carbonyl (C=O) groups excluding carboxylic acids is 3. The molecule has 0 radical (unpaired) electrons. The van der Waals surface area contributed by atoms with Crippen molar-refractivity contribution in [2.75, 3.05) is 33.3 Å². The Bertz CT molecular complexity index is 976. The van der Waals surface area contributed by atoms with Crippen LogP contribution in [-0.2, 0) is 27.1 Å². The molecule has 0 saturated carbocycles. The van der Waals surface area contributed by atoms with E-state index in [0.717, 1.165) is 29.7 Å². The summed E-state index contributed by atoms with van der Waals surface area (Å²) in [6, 6.07) is 4.61. The Morgan fingerprint density at radius 2 is 1.74 bits per heavy atom. The highest BCUT2D eigenvalue weighted by atomic mass is 32.1. The Labute approximate surface area is 184 Å². The van der Waals surface area contributed by atoms with Crippen LogP contribution in [0.5, 0.6) is 11.5 Å². The molecule has 1 amide bonds. The number of anilines is 1. The lowest BCUT2D eigenvalue weighted by Crippen LogP contribution is -2.22. The second-order valence-corrected chi connectivity index (χ2v) is 8.38. The maximum atomic E-state index is 12.5. The van der Waals surface area contributed by atoms with Gasteiger partial charge in [-0.1, -0.05) is 6.92 Å². The predicted octanol–water partition coefficient (Wildman–Crippen LogP) is 3.47. The summed E-state index contributed by atoms with van der Waals surface area (Å²) >= 11 is 1.37. The van der Waals surface area contributed by atoms with E-state index in [1.807, 2.05) is 0 Å². The lowest BCUT2D eigenvalue weighted by Gasteiger charge is -2.18. The maximum absolute atomic E-state index is 12.5. The molecule has 0 fully saturated rings. The molecule has 31 heavy (non-hydrogen) atoms. The monoisotopic (exact) mass is 447 g/mol. The van der Waals surface area contributed by atoms with Crippen LogP contribution in [0.3, 0.4) is 0 Å². The molecule has 2 aromatic rings. The van der Waals surface area contributed by atoms with Crippen molar-refractivity contribution < 1.29 is 33.3 Å². The molecule has 1 aromatic carbocycles. The van der Waals surface area contributed by atoms with E-state index in [1.165, 1.54) is 44.8 Å². The number of hydrogen-bond acceptors (Lipinski definition) is 8. The number of amides is 1. The van der Waals surface area contributed by atoms with Crippen molar-refractivity contribution in [2.24, 2.45) is 5.92 Å².